The molecule has 2 rings (SSSR count). The van der Waals surface area contributed by atoms with E-state index in [0.29, 0.717) is 19.5 Å². The Labute approximate surface area is 201 Å². The zero-order chi connectivity index (χ0) is 22.1. The van der Waals surface area contributed by atoms with Crippen LogP contribution >= 0.6 is 35.3 Å². The van der Waals surface area contributed by atoms with Gasteiger partial charge < -0.3 is 19.7 Å². The Hall–Kier alpha value is -1.60. The molecule has 0 spiro atoms. The highest BCUT2D eigenvalue weighted by Crippen LogP contribution is 2.23. The monoisotopic (exact) mass is 572 g/mol. The van der Waals surface area contributed by atoms with Crippen molar-refractivity contribution in [3.63, 3.8) is 0 Å². The van der Waals surface area contributed by atoms with Gasteiger partial charge in [0.1, 0.15) is 16.9 Å². The van der Waals surface area contributed by atoms with E-state index >= 15 is 0 Å². The maximum atomic E-state index is 12.2. The first-order valence-corrected chi connectivity index (χ1v) is 10.4. The number of benzene rings is 1. The zero-order valence-electron chi connectivity index (χ0n) is 17.9. The molecule has 1 aromatic carbocycles. The topological polar surface area (TPSA) is 59.0 Å². The van der Waals surface area contributed by atoms with E-state index in [2.05, 4.69) is 20.0 Å². The Morgan fingerprint density at radius 3 is 2.55 bits per heavy atom. The van der Waals surface area contributed by atoms with E-state index in [1.54, 1.807) is 30.6 Å². The second-order valence-electron chi connectivity index (χ2n) is 6.59. The summed E-state index contributed by atoms with van der Waals surface area (Å²) in [6.45, 7) is 5.76. The van der Waals surface area contributed by atoms with Crippen molar-refractivity contribution in [2.75, 3.05) is 27.2 Å². The van der Waals surface area contributed by atoms with E-state index in [4.69, 9.17) is 4.74 Å². The van der Waals surface area contributed by atoms with Crippen LogP contribution in [0.15, 0.2) is 34.6 Å². The van der Waals surface area contributed by atoms with E-state index in [9.17, 15) is 13.2 Å². The molecule has 1 heterocycles. The van der Waals surface area contributed by atoms with E-state index in [1.165, 1.54) is 12.1 Å². The summed E-state index contributed by atoms with van der Waals surface area (Å²) in [4.78, 5) is 11.2. The fraction of sp³-hybridized carbons (Fsp3) is 0.500. The van der Waals surface area contributed by atoms with E-state index in [-0.39, 0.29) is 35.8 Å². The van der Waals surface area contributed by atoms with Crippen LogP contribution < -0.4 is 10.1 Å². The number of alkyl halides is 3. The van der Waals surface area contributed by atoms with Gasteiger partial charge in [0, 0.05) is 32.6 Å². The van der Waals surface area contributed by atoms with Crippen LogP contribution in [0.4, 0.5) is 13.2 Å². The predicted molar refractivity (Wildman–Crippen MR) is 127 cm³/mol. The molecule has 2 aromatic rings. The highest BCUT2D eigenvalue weighted by atomic mass is 127. The molecule has 0 saturated heterocycles. The first-order valence-electron chi connectivity index (χ1n) is 9.53. The summed E-state index contributed by atoms with van der Waals surface area (Å²) >= 11 is 1.57. The number of hydrogen-bond donors (Lipinski definition) is 1. The molecule has 6 nitrogen and oxygen atoms in total. The third-order valence-electron chi connectivity index (χ3n) is 4.19. The van der Waals surface area contributed by atoms with E-state index in [0.717, 1.165) is 28.8 Å². The van der Waals surface area contributed by atoms with Crippen LogP contribution in [0.3, 0.4) is 0 Å². The molecule has 0 fully saturated rings. The number of nitrogens with zero attached hydrogens (tertiary/aromatic N) is 3. The first kappa shape index (κ1) is 27.4. The summed E-state index contributed by atoms with van der Waals surface area (Å²) in [6.07, 6.45) is -4.12. The maximum Gasteiger partial charge on any atom is 0.573 e. The summed E-state index contributed by atoms with van der Waals surface area (Å²) in [5.74, 6) is 0.511. The Morgan fingerprint density at radius 1 is 1.29 bits per heavy atom. The van der Waals surface area contributed by atoms with Crippen LogP contribution in [-0.4, -0.2) is 49.5 Å². The molecule has 0 saturated carbocycles. The molecule has 1 atom stereocenters. The number of hydrogen-bond acceptors (Lipinski definition) is 5. The summed E-state index contributed by atoms with van der Waals surface area (Å²) < 4.78 is 45.9. The molecular weight excluding hydrogens is 544 g/mol. The van der Waals surface area contributed by atoms with Crippen molar-refractivity contribution in [2.24, 2.45) is 4.99 Å². The highest BCUT2D eigenvalue weighted by Gasteiger charge is 2.30. The molecule has 0 bridgehead atoms. The SMILES string of the molecule is CCNC(=NCCc1ccc(OC(F)(F)F)cc1)N(C)Cc1csc(C(C)OC)n1.I. The van der Waals surface area contributed by atoms with Gasteiger partial charge >= 0.3 is 6.36 Å². The molecule has 0 aliphatic carbocycles. The number of ether oxygens (including phenoxy) is 2. The summed E-state index contributed by atoms with van der Waals surface area (Å²) in [6, 6.07) is 5.84. The fourth-order valence-corrected chi connectivity index (χ4v) is 3.46. The third-order valence-corrected chi connectivity index (χ3v) is 5.24. The lowest BCUT2D eigenvalue weighted by atomic mass is 10.1. The Balaban J connectivity index is 0.00000480. The predicted octanol–water partition coefficient (Wildman–Crippen LogP) is 5.01. The number of rotatable bonds is 9. The number of aliphatic imine (C=N–C) groups is 1. The van der Waals surface area contributed by atoms with Gasteiger partial charge in [0.15, 0.2) is 5.96 Å². The molecule has 31 heavy (non-hydrogen) atoms. The molecule has 11 heteroatoms. The van der Waals surface area contributed by atoms with Gasteiger partial charge in [-0.3, -0.25) is 4.99 Å². The molecule has 0 aliphatic rings. The highest BCUT2D eigenvalue weighted by molar-refractivity contribution is 14.0. The van der Waals surface area contributed by atoms with Gasteiger partial charge in [-0.1, -0.05) is 12.1 Å². The van der Waals surface area contributed by atoms with Crippen molar-refractivity contribution < 1.29 is 22.6 Å². The Morgan fingerprint density at radius 2 is 1.97 bits per heavy atom. The van der Waals surface area contributed by atoms with Crippen molar-refractivity contribution >= 4 is 41.3 Å². The minimum atomic E-state index is -4.68. The number of guanidine groups is 1. The lowest BCUT2D eigenvalue weighted by Crippen LogP contribution is -2.38. The van der Waals surface area contributed by atoms with Gasteiger partial charge in [-0.25, -0.2) is 4.98 Å². The second-order valence-corrected chi connectivity index (χ2v) is 7.48. The Kier molecular flexibility index (Phi) is 11.6. The van der Waals surface area contributed by atoms with Crippen molar-refractivity contribution in [3.8, 4) is 5.75 Å². The smallest absolute Gasteiger partial charge is 0.406 e. The lowest BCUT2D eigenvalue weighted by Gasteiger charge is -2.21. The fourth-order valence-electron chi connectivity index (χ4n) is 2.62. The van der Waals surface area contributed by atoms with Gasteiger partial charge in [0.2, 0.25) is 0 Å². The third kappa shape index (κ3) is 9.60. The van der Waals surface area contributed by atoms with Crippen LogP contribution in [-0.2, 0) is 17.7 Å². The van der Waals surface area contributed by atoms with Gasteiger partial charge in [0.25, 0.3) is 0 Å². The summed E-state index contributed by atoms with van der Waals surface area (Å²) in [5.41, 5.74) is 1.82. The molecular formula is C20H28F3IN4O2S. The molecule has 0 radical (unpaired) electrons. The van der Waals surface area contributed by atoms with Crippen molar-refractivity contribution in [1.29, 1.82) is 0 Å². The average Bonchev–Trinajstić information content (AvgIpc) is 3.15. The van der Waals surface area contributed by atoms with Crippen molar-refractivity contribution in [1.82, 2.24) is 15.2 Å². The quantitative estimate of drug-likeness (QED) is 0.260. The van der Waals surface area contributed by atoms with Gasteiger partial charge in [-0.15, -0.1) is 48.5 Å². The van der Waals surface area contributed by atoms with Crippen molar-refractivity contribution in [2.45, 2.75) is 39.3 Å². The number of nitrogens with one attached hydrogen (secondary N) is 1. The van der Waals surface area contributed by atoms with Crippen LogP contribution in [0.1, 0.15) is 36.2 Å². The van der Waals surface area contributed by atoms with Crippen molar-refractivity contribution in [3.05, 3.63) is 45.9 Å². The number of halogens is 4. The molecule has 1 unspecified atom stereocenters. The standard InChI is InChI=1S/C20H27F3N4O2S.HI/c1-5-24-19(27(3)12-16-13-30-18(26-16)14(2)28-4)25-11-10-15-6-8-17(9-7-15)29-20(21,22)23;/h6-9,13-14H,5,10-12H2,1-4H3,(H,24,25);1H. The molecule has 0 aliphatic heterocycles. The number of methoxy groups -OCH3 is 1. The Bertz CT molecular complexity index is 816. The number of aromatic nitrogens is 1. The average molecular weight is 572 g/mol. The normalized spacial score (nSPS) is 12.8. The van der Waals surface area contributed by atoms with E-state index in [1.807, 2.05) is 31.2 Å². The van der Waals surface area contributed by atoms with Crippen LogP contribution in [0, 0.1) is 0 Å². The lowest BCUT2D eigenvalue weighted by molar-refractivity contribution is -0.274. The zero-order valence-corrected chi connectivity index (χ0v) is 21.0. The molecule has 1 aromatic heterocycles. The summed E-state index contributed by atoms with van der Waals surface area (Å²) in [5, 5.41) is 6.19. The van der Waals surface area contributed by atoms with Gasteiger partial charge in [-0.2, -0.15) is 0 Å². The van der Waals surface area contributed by atoms with Gasteiger partial charge in [-0.05, 0) is 38.0 Å². The first-order chi connectivity index (χ1) is 14.2. The second kappa shape index (κ2) is 13.1. The largest absolute Gasteiger partial charge is 0.573 e. The van der Waals surface area contributed by atoms with E-state index < -0.39 is 6.36 Å². The minimum Gasteiger partial charge on any atom is -0.406 e. The van der Waals surface area contributed by atoms with Crippen LogP contribution in [0.5, 0.6) is 5.75 Å². The maximum absolute atomic E-state index is 12.2. The van der Waals surface area contributed by atoms with Crippen LogP contribution in [0.2, 0.25) is 0 Å². The van der Waals surface area contributed by atoms with Crippen LogP contribution in [0.25, 0.3) is 0 Å². The number of thiazole rings is 1. The molecule has 174 valence electrons. The molecule has 1 N–H and O–H groups in total. The molecule has 0 amide bonds. The minimum absolute atomic E-state index is 0. The van der Waals surface area contributed by atoms with Gasteiger partial charge in [0.05, 0.1) is 12.2 Å². The summed E-state index contributed by atoms with van der Waals surface area (Å²) in [7, 11) is 3.59.